The Morgan fingerprint density at radius 2 is 1.16 bits per heavy atom. The largest absolute Gasteiger partial charge is 0.444 e. The first kappa shape index (κ1) is 58.0. The molecule has 0 aromatic heterocycles. The van der Waals surface area contributed by atoms with Crippen LogP contribution in [0.5, 0.6) is 0 Å². The van der Waals surface area contributed by atoms with E-state index in [1.807, 2.05) is 75.4 Å². The highest BCUT2D eigenvalue weighted by Crippen LogP contribution is 2.27. The fourth-order valence-corrected chi connectivity index (χ4v) is 8.06. The van der Waals surface area contributed by atoms with Crippen molar-refractivity contribution in [3.05, 3.63) is 127 Å². The molecule has 0 saturated carbocycles. The van der Waals surface area contributed by atoms with E-state index in [2.05, 4.69) is 54.3 Å². The van der Waals surface area contributed by atoms with E-state index in [0.29, 0.717) is 13.1 Å². The van der Waals surface area contributed by atoms with Crippen LogP contribution in [-0.2, 0) is 85.3 Å². The first-order chi connectivity index (χ1) is 32.2. The van der Waals surface area contributed by atoms with Gasteiger partial charge in [-0.15, -0.1) is 0 Å². The van der Waals surface area contributed by atoms with Gasteiger partial charge in [0.1, 0.15) is 5.60 Å². The summed E-state index contributed by atoms with van der Waals surface area (Å²) in [6.07, 6.45) is 5.26. The average Bonchev–Trinajstić information content (AvgIpc) is 3.25. The summed E-state index contributed by atoms with van der Waals surface area (Å²) in [6.45, 7) is 14.9. The zero-order valence-corrected chi connectivity index (χ0v) is 43.2. The molecule has 22 heteroatoms. The molecule has 0 aliphatic carbocycles. The summed E-state index contributed by atoms with van der Waals surface area (Å²) in [5, 5.41) is 22.9. The summed E-state index contributed by atoms with van der Waals surface area (Å²) < 4.78 is 49.0. The van der Waals surface area contributed by atoms with Crippen LogP contribution in [0.2, 0.25) is 0 Å². The highest BCUT2D eigenvalue weighted by Gasteiger charge is 2.26. The van der Waals surface area contributed by atoms with Crippen molar-refractivity contribution in [3.8, 4) is 0 Å². The predicted molar refractivity (Wildman–Crippen MR) is 273 cm³/mol. The van der Waals surface area contributed by atoms with E-state index in [1.165, 1.54) is 29.9 Å². The number of nitrogen functional groups attached to an aromatic ring is 1. The molecule has 8 rings (SSSR count). The third-order valence-electron chi connectivity index (χ3n) is 10.2. The number of carbonyl (C=O) groups is 3. The maximum atomic E-state index is 12.0. The Bertz CT molecular complexity index is 2640. The number of fused-ring (bicyclic) bond motifs is 4. The molecule has 69 heavy (non-hydrogen) atoms. The summed E-state index contributed by atoms with van der Waals surface area (Å²) in [5.41, 5.74) is 17.3. The minimum Gasteiger partial charge on any atom is -0.444 e. The highest BCUT2D eigenvalue weighted by molar-refractivity contribution is 8.13. The number of nitro groups is 1. The van der Waals surface area contributed by atoms with Crippen molar-refractivity contribution in [3.63, 3.8) is 0 Å². The molecule has 4 heterocycles. The summed E-state index contributed by atoms with van der Waals surface area (Å²) in [7, 11) is -1.87. The van der Waals surface area contributed by atoms with E-state index in [0.717, 1.165) is 116 Å². The van der Waals surface area contributed by atoms with Crippen LogP contribution in [-0.4, -0.2) is 88.2 Å². The fraction of sp³-hybridized carbons (Fsp3) is 0.426. The first-order valence-corrected chi connectivity index (χ1v) is 26.9. The van der Waals surface area contributed by atoms with E-state index in [-0.39, 0.29) is 27.9 Å². The fourth-order valence-electron chi connectivity index (χ4n) is 7.47. The maximum absolute atomic E-state index is 12.0. The number of sulfonamides is 1. The third kappa shape index (κ3) is 21.9. The topological polar surface area (TPSA) is 261 Å². The monoisotopic (exact) mass is 1030 g/mol. The molecule has 0 fully saturated rings. The highest BCUT2D eigenvalue weighted by atomic mass is 35.7. The molecule has 7 N–H and O–H groups in total. The zero-order chi connectivity index (χ0) is 51.5. The predicted octanol–water partition coefficient (Wildman–Crippen LogP) is 6.75. The number of anilines is 3. The SMILES string of the molecule is CC(=O)Cl.CC(=O)Nc1cccc2c1CCNC2.CC(C)(C)OC(=O)N1CCc2c(N)cccc2C1.CS(=O)(=O)Cl.CS(=O)(=O)Nc1cccc2c1CCNC2.O=[N+]([O-])c1cccc2c1CCNC2. The van der Waals surface area contributed by atoms with E-state index >= 15 is 0 Å². The van der Waals surface area contributed by atoms with Crippen molar-refractivity contribution in [1.29, 1.82) is 0 Å². The minimum absolute atomic E-state index is 0.00284. The number of ether oxygens (including phenoxy) is 1. The zero-order valence-electron chi connectivity index (χ0n) is 40.0. The quantitative estimate of drug-likeness (QED) is 0.0535. The van der Waals surface area contributed by atoms with Crippen molar-refractivity contribution in [2.24, 2.45) is 0 Å². The van der Waals surface area contributed by atoms with Gasteiger partial charge in [0, 0.05) is 80.3 Å². The van der Waals surface area contributed by atoms with Gasteiger partial charge in [-0.3, -0.25) is 24.4 Å². The normalized spacial score (nSPS) is 14.4. The lowest BCUT2D eigenvalue weighted by atomic mass is 9.98. The summed E-state index contributed by atoms with van der Waals surface area (Å²) >= 11 is 4.64. The van der Waals surface area contributed by atoms with Gasteiger partial charge in [0.25, 0.3) is 5.69 Å². The van der Waals surface area contributed by atoms with Crippen molar-refractivity contribution in [2.45, 2.75) is 92.1 Å². The Morgan fingerprint density at radius 3 is 1.64 bits per heavy atom. The number of amides is 2. The standard InChI is InChI=1S/C14H20N2O2.C11H14N2O.C10H14N2O2S.C9H10N2O2.C2H3ClO.CH3ClO2S/c1-14(2,3)18-13(17)16-8-7-11-10(9-16)5-4-6-12(11)15;1-8(14)13-11-4-2-3-9-7-12-6-5-10(9)11;1-15(13,14)12-10-4-2-3-8-7-11-6-5-9(8)10;12-11(13)9-3-1-2-7-6-10-5-4-8(7)9;1-2(3)4;1-5(2,3)4/h4-6H,7-9,15H2,1-3H3;2-4,12H,5-7H2,1H3,(H,13,14);2-4,11-12H,5-7H2,1H3;1-3,10H,4-6H2;1H3;1H3. The number of rotatable bonds is 4. The van der Waals surface area contributed by atoms with E-state index in [1.54, 1.807) is 24.0 Å². The van der Waals surface area contributed by atoms with Crippen LogP contribution in [0, 0.1) is 10.1 Å². The average molecular weight is 1040 g/mol. The lowest BCUT2D eigenvalue weighted by Gasteiger charge is -2.31. The molecule has 2 amide bonds. The number of nitro benzene ring substituents is 1. The molecule has 4 aliphatic rings. The van der Waals surface area contributed by atoms with Crippen LogP contribution in [0.15, 0.2) is 72.8 Å². The summed E-state index contributed by atoms with van der Waals surface area (Å²) in [4.78, 5) is 44.2. The van der Waals surface area contributed by atoms with Gasteiger partial charge in [-0.2, -0.15) is 0 Å². The van der Waals surface area contributed by atoms with Crippen LogP contribution in [0.1, 0.15) is 79.1 Å². The van der Waals surface area contributed by atoms with Gasteiger partial charge in [-0.1, -0.05) is 48.5 Å². The van der Waals surface area contributed by atoms with Crippen LogP contribution in [0.4, 0.5) is 27.5 Å². The van der Waals surface area contributed by atoms with Gasteiger partial charge < -0.3 is 36.6 Å². The number of hydrogen-bond acceptors (Lipinski definition) is 14. The lowest BCUT2D eigenvalue weighted by molar-refractivity contribution is -0.385. The minimum atomic E-state index is -3.19. The molecule has 4 aliphatic heterocycles. The Hall–Kier alpha value is -5.35. The maximum Gasteiger partial charge on any atom is 0.410 e. The number of halogens is 2. The molecule has 4 aromatic carbocycles. The number of nitrogens with one attached hydrogen (secondary N) is 5. The Kier molecular flexibility index (Phi) is 22.8. The summed E-state index contributed by atoms with van der Waals surface area (Å²) in [6, 6.07) is 22.9. The molecule has 378 valence electrons. The Labute approximate surface area is 415 Å². The van der Waals surface area contributed by atoms with Crippen LogP contribution in [0.25, 0.3) is 0 Å². The summed E-state index contributed by atoms with van der Waals surface area (Å²) in [5.74, 6) is -0.00284. The molecule has 0 spiro atoms. The smallest absolute Gasteiger partial charge is 0.410 e. The van der Waals surface area contributed by atoms with Gasteiger partial charge in [-0.05, 0) is 135 Å². The molecule has 0 radical (unpaired) electrons. The molecular formula is C47H64Cl2N8O10S2. The third-order valence-corrected chi connectivity index (χ3v) is 10.7. The lowest BCUT2D eigenvalue weighted by Crippen LogP contribution is -2.40. The van der Waals surface area contributed by atoms with Gasteiger partial charge in [0.05, 0.1) is 23.1 Å². The van der Waals surface area contributed by atoms with Crippen molar-refractivity contribution in [1.82, 2.24) is 20.9 Å². The van der Waals surface area contributed by atoms with E-state index in [9.17, 15) is 41.3 Å². The molecule has 0 bridgehead atoms. The number of nitrogens with zero attached hydrogens (tertiary/aromatic N) is 2. The first-order valence-electron chi connectivity index (χ1n) is 22.0. The molecule has 0 unspecified atom stereocenters. The van der Waals surface area contributed by atoms with Crippen molar-refractivity contribution >= 4 is 81.3 Å². The molecular weight excluding hydrogens is 972 g/mol. The second kappa shape index (κ2) is 27.2. The van der Waals surface area contributed by atoms with Gasteiger partial charge in [0.2, 0.25) is 30.2 Å². The number of hydrogen-bond donors (Lipinski definition) is 6. The number of benzene rings is 4. The van der Waals surface area contributed by atoms with Crippen LogP contribution < -0.4 is 31.7 Å². The Morgan fingerprint density at radius 1 is 0.725 bits per heavy atom. The molecule has 0 saturated heterocycles. The van der Waals surface area contributed by atoms with Crippen molar-refractivity contribution < 1.29 is 40.9 Å². The Balaban J connectivity index is 0.000000231. The van der Waals surface area contributed by atoms with Gasteiger partial charge in [0.15, 0.2) is 0 Å². The van der Waals surface area contributed by atoms with Crippen LogP contribution >= 0.6 is 22.3 Å². The molecule has 0 atom stereocenters. The van der Waals surface area contributed by atoms with E-state index in [4.69, 9.17) is 10.5 Å². The second-order valence-electron chi connectivity index (χ2n) is 17.2. The van der Waals surface area contributed by atoms with Crippen molar-refractivity contribution in [2.75, 3.05) is 54.5 Å². The van der Waals surface area contributed by atoms with Gasteiger partial charge >= 0.3 is 6.09 Å². The second-order valence-corrected chi connectivity index (χ2v) is 22.5. The van der Waals surface area contributed by atoms with E-state index < -0.39 is 24.7 Å². The molecule has 18 nitrogen and oxygen atoms in total. The molecule has 4 aromatic rings. The van der Waals surface area contributed by atoms with Gasteiger partial charge in [-0.25, -0.2) is 21.6 Å². The number of nitrogens with two attached hydrogens (primary N) is 1. The number of carbonyl (C=O) groups excluding carboxylic acids is 3. The van der Waals surface area contributed by atoms with Crippen LogP contribution in [0.3, 0.4) is 0 Å².